The van der Waals surface area contributed by atoms with E-state index >= 15 is 0 Å². The Labute approximate surface area is 137 Å². The molecule has 5 aromatic rings. The van der Waals surface area contributed by atoms with E-state index in [-0.39, 0.29) is 5.56 Å². The van der Waals surface area contributed by atoms with E-state index in [2.05, 4.69) is 4.98 Å². The number of hydrogen-bond acceptors (Lipinski definition) is 2. The van der Waals surface area contributed by atoms with Gasteiger partial charge in [-0.05, 0) is 36.4 Å². The van der Waals surface area contributed by atoms with Crippen molar-refractivity contribution in [1.29, 1.82) is 0 Å². The third-order valence-electron chi connectivity index (χ3n) is 4.33. The summed E-state index contributed by atoms with van der Waals surface area (Å²) in [7, 11) is 0. The van der Waals surface area contributed by atoms with Crippen molar-refractivity contribution >= 4 is 27.7 Å². The Bertz CT molecular complexity index is 1270. The molecule has 0 N–H and O–H groups in total. The van der Waals surface area contributed by atoms with Gasteiger partial charge in [0, 0.05) is 5.69 Å². The van der Waals surface area contributed by atoms with Gasteiger partial charge in [0.15, 0.2) is 0 Å². The average Bonchev–Trinajstić information content (AvgIpc) is 3.03. The third kappa shape index (κ3) is 1.68. The maximum atomic E-state index is 13.2. The second-order valence-electron chi connectivity index (χ2n) is 5.72. The highest BCUT2D eigenvalue weighted by molar-refractivity contribution is 5.89. The van der Waals surface area contributed by atoms with Gasteiger partial charge >= 0.3 is 0 Å². The molecule has 3 aromatic carbocycles. The molecule has 0 radical (unpaired) electrons. The van der Waals surface area contributed by atoms with Crippen LogP contribution in [0.1, 0.15) is 0 Å². The largest absolute Gasteiger partial charge is 0.299 e. The van der Waals surface area contributed by atoms with Crippen molar-refractivity contribution in [1.82, 2.24) is 14.0 Å². The molecule has 0 saturated carbocycles. The number of para-hydroxylation sites is 5. The summed E-state index contributed by atoms with van der Waals surface area (Å²) in [5.41, 5.74) is 4.77. The standard InChI is InChI=1S/C20H13N3O/c24-20-19-21-15-10-4-5-11-16(15)23(19)18-13-7-6-12-17(18)22(20)14-8-2-1-3-9-14/h1-13H. The summed E-state index contributed by atoms with van der Waals surface area (Å²) in [6.07, 6.45) is 0. The van der Waals surface area contributed by atoms with Crippen LogP contribution in [0.3, 0.4) is 0 Å². The Kier molecular flexibility index (Phi) is 2.61. The van der Waals surface area contributed by atoms with Gasteiger partial charge in [-0.2, -0.15) is 0 Å². The second kappa shape index (κ2) is 4.80. The molecule has 2 heterocycles. The fraction of sp³-hybridized carbons (Fsp3) is 0. The van der Waals surface area contributed by atoms with Crippen LogP contribution < -0.4 is 5.56 Å². The fourth-order valence-electron chi connectivity index (χ4n) is 3.30. The quantitative estimate of drug-likeness (QED) is 0.472. The van der Waals surface area contributed by atoms with Crippen molar-refractivity contribution in [3.8, 4) is 5.69 Å². The molecule has 4 heteroatoms. The molecule has 0 unspecified atom stereocenters. The van der Waals surface area contributed by atoms with Gasteiger partial charge in [0.05, 0.1) is 22.1 Å². The number of nitrogens with zero attached hydrogens (tertiary/aromatic N) is 3. The highest BCUT2D eigenvalue weighted by Gasteiger charge is 2.15. The first-order valence-electron chi connectivity index (χ1n) is 7.81. The van der Waals surface area contributed by atoms with Crippen LogP contribution in [-0.2, 0) is 0 Å². The molecular weight excluding hydrogens is 298 g/mol. The lowest BCUT2D eigenvalue weighted by Gasteiger charge is -2.12. The zero-order valence-electron chi connectivity index (χ0n) is 12.8. The van der Waals surface area contributed by atoms with Crippen molar-refractivity contribution < 1.29 is 0 Å². The molecule has 0 aliphatic rings. The molecule has 0 spiro atoms. The average molecular weight is 311 g/mol. The van der Waals surface area contributed by atoms with Crippen LogP contribution in [-0.4, -0.2) is 14.0 Å². The minimum Gasteiger partial charge on any atom is -0.286 e. The lowest BCUT2D eigenvalue weighted by atomic mass is 10.2. The number of imidazole rings is 1. The van der Waals surface area contributed by atoms with Crippen LogP contribution in [0.4, 0.5) is 0 Å². The second-order valence-corrected chi connectivity index (χ2v) is 5.72. The SMILES string of the molecule is O=c1c2nc3ccccc3n2c2ccccc2n1-c1ccccc1. The minimum atomic E-state index is -0.115. The van der Waals surface area contributed by atoms with Gasteiger partial charge in [0.25, 0.3) is 5.56 Å². The normalized spacial score (nSPS) is 11.5. The van der Waals surface area contributed by atoms with E-state index in [0.29, 0.717) is 5.65 Å². The predicted octanol–water partition coefficient (Wildman–Crippen LogP) is 3.79. The van der Waals surface area contributed by atoms with Crippen LogP contribution in [0.2, 0.25) is 0 Å². The van der Waals surface area contributed by atoms with E-state index in [4.69, 9.17) is 0 Å². The molecule has 0 bridgehead atoms. The molecule has 0 amide bonds. The maximum Gasteiger partial charge on any atom is 0.299 e. The highest BCUT2D eigenvalue weighted by atomic mass is 16.1. The maximum absolute atomic E-state index is 13.2. The van der Waals surface area contributed by atoms with Gasteiger partial charge < -0.3 is 0 Å². The summed E-state index contributed by atoms with van der Waals surface area (Å²) in [5.74, 6) is 0. The predicted molar refractivity (Wildman–Crippen MR) is 95.8 cm³/mol. The molecule has 4 nitrogen and oxygen atoms in total. The molecule has 2 aromatic heterocycles. The molecule has 0 aliphatic heterocycles. The fourth-order valence-corrected chi connectivity index (χ4v) is 3.30. The molecular formula is C20H13N3O. The topological polar surface area (TPSA) is 39.3 Å². The van der Waals surface area contributed by atoms with Crippen molar-refractivity contribution in [2.45, 2.75) is 0 Å². The van der Waals surface area contributed by atoms with Crippen LogP contribution in [0.25, 0.3) is 33.4 Å². The van der Waals surface area contributed by atoms with Crippen molar-refractivity contribution in [2.24, 2.45) is 0 Å². The summed E-state index contributed by atoms with van der Waals surface area (Å²) >= 11 is 0. The number of hydrogen-bond donors (Lipinski definition) is 0. The molecule has 0 aliphatic carbocycles. The smallest absolute Gasteiger partial charge is 0.286 e. The third-order valence-corrected chi connectivity index (χ3v) is 4.33. The molecule has 24 heavy (non-hydrogen) atoms. The summed E-state index contributed by atoms with van der Waals surface area (Å²) in [5, 5.41) is 0. The van der Waals surface area contributed by atoms with Crippen molar-refractivity contribution in [2.75, 3.05) is 0 Å². The molecule has 5 rings (SSSR count). The Hall–Kier alpha value is -3.40. The Balaban J connectivity index is 2.10. The van der Waals surface area contributed by atoms with E-state index in [1.165, 1.54) is 0 Å². The van der Waals surface area contributed by atoms with Crippen LogP contribution >= 0.6 is 0 Å². The van der Waals surface area contributed by atoms with Gasteiger partial charge in [0.1, 0.15) is 0 Å². The Morgan fingerprint density at radius 1 is 0.667 bits per heavy atom. The number of rotatable bonds is 1. The summed E-state index contributed by atoms with van der Waals surface area (Å²) in [6.45, 7) is 0. The van der Waals surface area contributed by atoms with Crippen molar-refractivity contribution in [3.63, 3.8) is 0 Å². The van der Waals surface area contributed by atoms with Gasteiger partial charge in [0.2, 0.25) is 5.65 Å². The summed E-state index contributed by atoms with van der Waals surface area (Å²) in [6, 6.07) is 25.4. The van der Waals surface area contributed by atoms with Gasteiger partial charge in [-0.15, -0.1) is 0 Å². The summed E-state index contributed by atoms with van der Waals surface area (Å²) in [4.78, 5) is 17.8. The Morgan fingerprint density at radius 3 is 2.08 bits per heavy atom. The zero-order valence-corrected chi connectivity index (χ0v) is 12.8. The molecule has 0 fully saturated rings. The van der Waals surface area contributed by atoms with Crippen LogP contribution in [0.5, 0.6) is 0 Å². The zero-order chi connectivity index (χ0) is 16.1. The number of fused-ring (bicyclic) bond motifs is 5. The molecule has 114 valence electrons. The van der Waals surface area contributed by atoms with Crippen LogP contribution in [0.15, 0.2) is 83.7 Å². The monoisotopic (exact) mass is 311 g/mol. The first-order valence-corrected chi connectivity index (χ1v) is 7.81. The van der Waals surface area contributed by atoms with E-state index in [0.717, 1.165) is 27.8 Å². The van der Waals surface area contributed by atoms with Crippen LogP contribution in [0, 0.1) is 0 Å². The van der Waals surface area contributed by atoms with E-state index in [9.17, 15) is 4.79 Å². The van der Waals surface area contributed by atoms with Gasteiger partial charge in [-0.3, -0.25) is 13.8 Å². The van der Waals surface area contributed by atoms with E-state index in [1.807, 2.05) is 83.3 Å². The van der Waals surface area contributed by atoms with E-state index in [1.54, 1.807) is 4.57 Å². The first-order chi connectivity index (χ1) is 11.8. The first kappa shape index (κ1) is 13.1. The number of aromatic nitrogens is 3. The molecule has 0 atom stereocenters. The lowest BCUT2D eigenvalue weighted by molar-refractivity contribution is 1.02. The lowest BCUT2D eigenvalue weighted by Crippen LogP contribution is -2.21. The van der Waals surface area contributed by atoms with Gasteiger partial charge in [-0.1, -0.05) is 42.5 Å². The van der Waals surface area contributed by atoms with Crippen molar-refractivity contribution in [3.05, 3.63) is 89.2 Å². The van der Waals surface area contributed by atoms with Gasteiger partial charge in [-0.25, -0.2) is 4.98 Å². The molecule has 0 saturated heterocycles. The minimum absolute atomic E-state index is 0.115. The Morgan fingerprint density at radius 2 is 1.29 bits per heavy atom. The number of benzene rings is 3. The summed E-state index contributed by atoms with van der Waals surface area (Å²) < 4.78 is 3.68. The van der Waals surface area contributed by atoms with E-state index < -0.39 is 0 Å². The highest BCUT2D eigenvalue weighted by Crippen LogP contribution is 2.22.